The smallest absolute Gasteiger partial charge is 0.330 e. The molecule has 0 N–H and O–H groups in total. The van der Waals surface area contributed by atoms with E-state index in [2.05, 4.69) is 13.2 Å². The predicted octanol–water partition coefficient (Wildman–Crippen LogP) is 10.1. The topological polar surface area (TPSA) is 184 Å². The van der Waals surface area contributed by atoms with Gasteiger partial charge in [0.1, 0.15) is 23.1 Å². The molecular formula is C54H69ClO14. The van der Waals surface area contributed by atoms with Crippen LogP contribution in [-0.4, -0.2) is 74.1 Å². The van der Waals surface area contributed by atoms with Crippen molar-refractivity contribution >= 4 is 64.2 Å². The van der Waals surface area contributed by atoms with E-state index in [0.717, 1.165) is 89.2 Å². The van der Waals surface area contributed by atoms with Crippen molar-refractivity contribution in [2.45, 2.75) is 128 Å². The van der Waals surface area contributed by atoms with Crippen LogP contribution in [0.3, 0.4) is 0 Å². The number of hydrogen-bond donors (Lipinski definition) is 0. The molecule has 4 aliphatic rings. The molecule has 0 aliphatic heterocycles. The maximum absolute atomic E-state index is 13.8. The molecule has 0 bridgehead atoms. The molecule has 6 rings (SSSR count). The van der Waals surface area contributed by atoms with E-state index in [-0.39, 0.29) is 83.9 Å². The fraction of sp³-hybridized carbons (Fsp3) is 0.611. The first-order valence-corrected chi connectivity index (χ1v) is 25.7. The van der Waals surface area contributed by atoms with Crippen LogP contribution in [0.2, 0.25) is 0 Å². The molecule has 0 amide bonds. The molecule has 0 atom stereocenters. The summed E-state index contributed by atoms with van der Waals surface area (Å²) in [7, 11) is 0. The number of halogens is 1. The van der Waals surface area contributed by atoms with Gasteiger partial charge in [0.15, 0.2) is 0 Å². The Kier molecular flexibility index (Phi) is 21.0. The van der Waals surface area contributed by atoms with Gasteiger partial charge in [0.2, 0.25) is 0 Å². The second-order valence-corrected chi connectivity index (χ2v) is 19.4. The van der Waals surface area contributed by atoms with E-state index < -0.39 is 17.9 Å². The summed E-state index contributed by atoms with van der Waals surface area (Å²) in [6.45, 7) is 7.88. The van der Waals surface area contributed by atoms with E-state index in [4.69, 9.17) is 44.8 Å². The van der Waals surface area contributed by atoms with Crippen molar-refractivity contribution < 1.29 is 66.7 Å². The summed E-state index contributed by atoms with van der Waals surface area (Å²) in [6, 6.07) is 8.23. The van der Waals surface area contributed by atoms with E-state index in [9.17, 15) is 33.6 Å². The number of benzene rings is 2. The number of carbonyl (C=O) groups excluding carboxylic acids is 7. The molecule has 0 aromatic heterocycles. The summed E-state index contributed by atoms with van der Waals surface area (Å²) >= 11 is 5.82. The molecular weight excluding hydrogens is 908 g/mol. The maximum atomic E-state index is 13.8. The van der Waals surface area contributed by atoms with Gasteiger partial charge in [-0.2, -0.15) is 0 Å². The first-order chi connectivity index (χ1) is 33.5. The molecule has 376 valence electrons. The second-order valence-electron chi connectivity index (χ2n) is 19.1. The first kappa shape index (κ1) is 53.1. The van der Waals surface area contributed by atoms with Gasteiger partial charge in [0.25, 0.3) is 0 Å². The molecule has 0 saturated heterocycles. The van der Waals surface area contributed by atoms with Gasteiger partial charge in [0.05, 0.1) is 55.5 Å². The highest BCUT2D eigenvalue weighted by atomic mass is 35.5. The lowest BCUT2D eigenvalue weighted by Crippen LogP contribution is -2.31. The molecule has 0 unspecified atom stereocenters. The average Bonchev–Trinajstić information content (AvgIpc) is 3.38. The van der Waals surface area contributed by atoms with Gasteiger partial charge in [-0.25, -0.2) is 9.59 Å². The average molecular weight is 978 g/mol. The minimum absolute atomic E-state index is 0.105. The van der Waals surface area contributed by atoms with E-state index in [0.29, 0.717) is 99.0 Å². The molecule has 14 nitrogen and oxygen atoms in total. The molecule has 0 spiro atoms. The zero-order valence-corrected chi connectivity index (χ0v) is 40.6. The van der Waals surface area contributed by atoms with Crippen LogP contribution in [0.5, 0.6) is 17.2 Å². The first-order valence-electron chi connectivity index (χ1n) is 25.1. The summed E-state index contributed by atoms with van der Waals surface area (Å²) in [5.41, 5.74) is 0. The van der Waals surface area contributed by atoms with Crippen LogP contribution < -0.4 is 14.2 Å². The third kappa shape index (κ3) is 15.6. The van der Waals surface area contributed by atoms with Crippen molar-refractivity contribution in [3.05, 3.63) is 55.6 Å². The number of carbonyl (C=O) groups is 7. The number of rotatable bonds is 22. The number of fused-ring (bicyclic) bond motifs is 1. The van der Waals surface area contributed by atoms with Crippen LogP contribution in [0.25, 0.3) is 10.8 Å². The monoisotopic (exact) mass is 976 g/mol. The quantitative estimate of drug-likeness (QED) is 0.0271. The fourth-order valence-electron chi connectivity index (χ4n) is 10.9. The highest BCUT2D eigenvalue weighted by Crippen LogP contribution is 2.45. The van der Waals surface area contributed by atoms with Gasteiger partial charge < -0.3 is 33.2 Å². The molecule has 0 heterocycles. The van der Waals surface area contributed by atoms with E-state index in [1.54, 1.807) is 30.3 Å². The van der Waals surface area contributed by atoms with Crippen LogP contribution in [0.4, 0.5) is 0 Å². The Morgan fingerprint density at radius 1 is 0.449 bits per heavy atom. The maximum Gasteiger partial charge on any atom is 0.330 e. The predicted molar refractivity (Wildman–Crippen MR) is 256 cm³/mol. The summed E-state index contributed by atoms with van der Waals surface area (Å²) in [5, 5.41) is 0.795. The Bertz CT molecular complexity index is 2100. The number of esters is 7. The highest BCUT2D eigenvalue weighted by molar-refractivity contribution is 6.26. The Hall–Kier alpha value is -5.24. The lowest BCUT2D eigenvalue weighted by molar-refractivity contribution is -0.151. The standard InChI is InChI=1S/C54H69ClO14/c1-3-47(56)63-30-5-7-32-65-51(59)39-20-12-35(13-21-39)37-16-24-41(25-17-37)53(61)68-44-28-29-46(50-43(44)10-9-11-45(50)67-49(58)34-55)69-54(62)42-26-18-38(19-27-42)36-14-22-40(23-15-36)52(60)66-33-8-6-31-64-48(57)4-2/h3-4,9-11,28-29,35-42H,1-2,5-8,12-27,30-34H2. The SMILES string of the molecule is C=CC(=O)OCCCCOC(=O)C1CCC(C2CCC(C(=O)Oc3ccc(OC(=O)C4CCC(C5CCC(C(=O)OCCCCOC(=O)C=C)CC5)CC4)c4c(OC(=O)CCl)cccc34)CC2)CC1. The van der Waals surface area contributed by atoms with Gasteiger partial charge in [-0.05, 0) is 170 Å². The third-order valence-electron chi connectivity index (χ3n) is 14.8. The molecule has 4 aliphatic carbocycles. The van der Waals surface area contributed by atoms with Crippen LogP contribution in [0.1, 0.15) is 128 Å². The summed E-state index contributed by atoms with van der Waals surface area (Å²) in [4.78, 5) is 87.7. The summed E-state index contributed by atoms with van der Waals surface area (Å²) in [5.74, 6) is -1.33. The Morgan fingerprint density at radius 3 is 1.19 bits per heavy atom. The molecule has 4 fully saturated rings. The van der Waals surface area contributed by atoms with Crippen molar-refractivity contribution in [1.82, 2.24) is 0 Å². The lowest BCUT2D eigenvalue weighted by Gasteiger charge is -2.36. The molecule has 0 radical (unpaired) electrons. The van der Waals surface area contributed by atoms with Crippen molar-refractivity contribution in [1.29, 1.82) is 0 Å². The largest absolute Gasteiger partial charge is 0.465 e. The van der Waals surface area contributed by atoms with Crippen molar-refractivity contribution in [2.75, 3.05) is 32.3 Å². The fourth-order valence-corrected chi connectivity index (χ4v) is 10.9. The van der Waals surface area contributed by atoms with Crippen LogP contribution in [0.15, 0.2) is 55.6 Å². The highest BCUT2D eigenvalue weighted by Gasteiger charge is 2.38. The summed E-state index contributed by atoms with van der Waals surface area (Å²) < 4.78 is 38.7. The normalized spacial score (nSPS) is 24.7. The number of hydrogen-bond acceptors (Lipinski definition) is 14. The van der Waals surface area contributed by atoms with Crippen LogP contribution in [0, 0.1) is 47.3 Å². The summed E-state index contributed by atoms with van der Waals surface area (Å²) in [6.07, 6.45) is 17.9. The number of alkyl halides is 1. The van der Waals surface area contributed by atoms with E-state index in [1.165, 1.54) is 0 Å². The third-order valence-corrected chi connectivity index (χ3v) is 15.0. The van der Waals surface area contributed by atoms with Gasteiger partial charge in [-0.1, -0.05) is 25.3 Å². The van der Waals surface area contributed by atoms with E-state index in [1.807, 2.05) is 0 Å². The molecule has 69 heavy (non-hydrogen) atoms. The van der Waals surface area contributed by atoms with Crippen molar-refractivity contribution in [3.8, 4) is 17.2 Å². The van der Waals surface area contributed by atoms with Gasteiger partial charge >= 0.3 is 41.8 Å². The second kappa shape index (κ2) is 27.2. The zero-order chi connectivity index (χ0) is 49.1. The molecule has 2 aromatic carbocycles. The Labute approximate surface area is 410 Å². The van der Waals surface area contributed by atoms with Gasteiger partial charge in [0, 0.05) is 17.5 Å². The van der Waals surface area contributed by atoms with Gasteiger partial charge in [-0.3, -0.25) is 24.0 Å². The Morgan fingerprint density at radius 2 is 0.797 bits per heavy atom. The van der Waals surface area contributed by atoms with Gasteiger partial charge in [-0.15, -0.1) is 11.6 Å². The number of unbranched alkanes of at least 4 members (excludes halogenated alkanes) is 2. The van der Waals surface area contributed by atoms with Crippen LogP contribution >= 0.6 is 11.6 Å². The van der Waals surface area contributed by atoms with E-state index >= 15 is 0 Å². The van der Waals surface area contributed by atoms with Crippen LogP contribution in [-0.2, 0) is 52.5 Å². The zero-order valence-electron chi connectivity index (χ0n) is 39.8. The molecule has 4 saturated carbocycles. The lowest BCUT2D eigenvalue weighted by atomic mass is 9.69. The van der Waals surface area contributed by atoms with Crippen molar-refractivity contribution in [3.63, 3.8) is 0 Å². The number of ether oxygens (including phenoxy) is 7. The Balaban J connectivity index is 0.954. The minimum atomic E-state index is -0.684. The molecule has 15 heteroatoms. The molecule has 2 aromatic rings. The minimum Gasteiger partial charge on any atom is -0.465 e. The van der Waals surface area contributed by atoms with Crippen molar-refractivity contribution in [2.24, 2.45) is 47.3 Å².